The van der Waals surface area contributed by atoms with Crippen molar-refractivity contribution in [1.29, 1.82) is 0 Å². The SMILES string of the molecule is COc1cccc2ccc(N3C[C@@H]4CCN(C)[C@@H]4C3)nc12. The van der Waals surface area contributed by atoms with E-state index in [0.29, 0.717) is 6.04 Å². The zero-order chi connectivity index (χ0) is 14.4. The van der Waals surface area contributed by atoms with Crippen molar-refractivity contribution in [2.75, 3.05) is 38.7 Å². The lowest BCUT2D eigenvalue weighted by atomic mass is 10.1. The lowest BCUT2D eigenvalue weighted by Crippen LogP contribution is -2.32. The third kappa shape index (κ3) is 2.05. The fourth-order valence-electron chi connectivity index (χ4n) is 3.81. The van der Waals surface area contributed by atoms with Gasteiger partial charge < -0.3 is 14.5 Å². The number of fused-ring (bicyclic) bond motifs is 2. The van der Waals surface area contributed by atoms with Crippen LogP contribution in [0.4, 0.5) is 5.82 Å². The first-order chi connectivity index (χ1) is 10.3. The van der Waals surface area contributed by atoms with Crippen molar-refractivity contribution in [3.8, 4) is 5.75 Å². The highest BCUT2D eigenvalue weighted by Gasteiger charge is 2.39. The molecule has 0 aliphatic carbocycles. The Morgan fingerprint density at radius 3 is 2.90 bits per heavy atom. The summed E-state index contributed by atoms with van der Waals surface area (Å²) in [5.74, 6) is 2.73. The van der Waals surface area contributed by atoms with Crippen LogP contribution in [0.3, 0.4) is 0 Å². The number of para-hydroxylation sites is 1. The summed E-state index contributed by atoms with van der Waals surface area (Å²) >= 11 is 0. The van der Waals surface area contributed by atoms with E-state index in [-0.39, 0.29) is 0 Å². The highest BCUT2D eigenvalue weighted by molar-refractivity contribution is 5.86. The molecule has 0 radical (unpaired) electrons. The number of nitrogens with zero attached hydrogens (tertiary/aromatic N) is 3. The maximum atomic E-state index is 5.45. The van der Waals surface area contributed by atoms with Gasteiger partial charge in [-0.3, -0.25) is 0 Å². The molecular formula is C17H21N3O. The molecule has 110 valence electrons. The Hall–Kier alpha value is -1.81. The molecule has 4 heteroatoms. The van der Waals surface area contributed by atoms with Crippen LogP contribution in [0.15, 0.2) is 30.3 Å². The van der Waals surface area contributed by atoms with Gasteiger partial charge in [0.25, 0.3) is 0 Å². The average molecular weight is 283 g/mol. The Labute approximate surface area is 125 Å². The van der Waals surface area contributed by atoms with Gasteiger partial charge in [-0.2, -0.15) is 0 Å². The number of hydrogen-bond acceptors (Lipinski definition) is 4. The molecular weight excluding hydrogens is 262 g/mol. The lowest BCUT2D eigenvalue weighted by Gasteiger charge is -2.22. The van der Waals surface area contributed by atoms with E-state index in [2.05, 4.69) is 35.0 Å². The quantitative estimate of drug-likeness (QED) is 0.846. The van der Waals surface area contributed by atoms with Gasteiger partial charge in [0.1, 0.15) is 17.1 Å². The third-order valence-corrected chi connectivity index (χ3v) is 5.04. The highest BCUT2D eigenvalue weighted by Crippen LogP contribution is 2.34. The topological polar surface area (TPSA) is 28.6 Å². The summed E-state index contributed by atoms with van der Waals surface area (Å²) in [4.78, 5) is 9.78. The fraction of sp³-hybridized carbons (Fsp3) is 0.471. The molecule has 4 nitrogen and oxygen atoms in total. The molecule has 2 aromatic rings. The molecule has 0 saturated carbocycles. The summed E-state index contributed by atoms with van der Waals surface area (Å²) in [6, 6.07) is 11.1. The van der Waals surface area contributed by atoms with Crippen molar-refractivity contribution < 1.29 is 4.74 Å². The van der Waals surface area contributed by atoms with Crippen molar-refractivity contribution in [3.05, 3.63) is 30.3 Å². The zero-order valence-corrected chi connectivity index (χ0v) is 12.6. The van der Waals surface area contributed by atoms with E-state index in [1.807, 2.05) is 12.1 Å². The van der Waals surface area contributed by atoms with Crippen LogP contribution in [-0.4, -0.2) is 49.7 Å². The Balaban J connectivity index is 1.68. The molecule has 1 aromatic carbocycles. The van der Waals surface area contributed by atoms with Gasteiger partial charge in [0.05, 0.1) is 7.11 Å². The average Bonchev–Trinajstić information content (AvgIpc) is 3.08. The number of likely N-dealkylation sites (N-methyl/N-ethyl adjacent to an activating group) is 1. The molecule has 0 spiro atoms. The Kier molecular flexibility index (Phi) is 3.00. The van der Waals surface area contributed by atoms with E-state index < -0.39 is 0 Å². The molecule has 0 amide bonds. The minimum absolute atomic E-state index is 0.695. The zero-order valence-electron chi connectivity index (χ0n) is 12.6. The fourth-order valence-corrected chi connectivity index (χ4v) is 3.81. The third-order valence-electron chi connectivity index (χ3n) is 5.04. The van der Waals surface area contributed by atoms with E-state index in [1.165, 1.54) is 13.0 Å². The molecule has 2 fully saturated rings. The molecule has 2 atom stereocenters. The number of hydrogen-bond donors (Lipinski definition) is 0. The van der Waals surface area contributed by atoms with E-state index in [0.717, 1.165) is 41.5 Å². The number of pyridine rings is 1. The van der Waals surface area contributed by atoms with Gasteiger partial charge in [-0.15, -0.1) is 0 Å². The van der Waals surface area contributed by atoms with Crippen LogP contribution < -0.4 is 9.64 Å². The first-order valence-corrected chi connectivity index (χ1v) is 7.65. The second-order valence-corrected chi connectivity index (χ2v) is 6.20. The number of anilines is 1. The smallest absolute Gasteiger partial charge is 0.145 e. The number of aromatic nitrogens is 1. The lowest BCUT2D eigenvalue weighted by molar-refractivity contribution is 0.310. The summed E-state index contributed by atoms with van der Waals surface area (Å²) in [7, 11) is 3.95. The van der Waals surface area contributed by atoms with Crippen LogP contribution in [-0.2, 0) is 0 Å². The molecule has 0 bridgehead atoms. The van der Waals surface area contributed by atoms with Gasteiger partial charge in [0.2, 0.25) is 0 Å². The Bertz CT molecular complexity index is 672. The summed E-state index contributed by atoms with van der Waals surface area (Å²) in [6.07, 6.45) is 1.31. The van der Waals surface area contributed by atoms with E-state index >= 15 is 0 Å². The summed E-state index contributed by atoms with van der Waals surface area (Å²) in [5, 5.41) is 1.13. The molecule has 2 saturated heterocycles. The van der Waals surface area contributed by atoms with Gasteiger partial charge in [0.15, 0.2) is 0 Å². The van der Waals surface area contributed by atoms with Crippen LogP contribution in [0, 0.1) is 5.92 Å². The molecule has 3 heterocycles. The maximum Gasteiger partial charge on any atom is 0.145 e. The van der Waals surface area contributed by atoms with Crippen LogP contribution >= 0.6 is 0 Å². The van der Waals surface area contributed by atoms with E-state index in [1.54, 1.807) is 7.11 Å². The minimum Gasteiger partial charge on any atom is -0.494 e. The number of methoxy groups -OCH3 is 1. The Morgan fingerprint density at radius 1 is 1.19 bits per heavy atom. The standard InChI is InChI=1S/C17H21N3O/c1-19-9-8-13-10-20(11-14(13)19)16-7-6-12-4-3-5-15(21-2)17(12)18-16/h3-7,13-14H,8-11H2,1-2H3/t13-,14+/m0/s1. The van der Waals surface area contributed by atoms with Gasteiger partial charge >= 0.3 is 0 Å². The predicted molar refractivity (Wildman–Crippen MR) is 85.0 cm³/mol. The number of rotatable bonds is 2. The van der Waals surface area contributed by atoms with Crippen LogP contribution in [0.25, 0.3) is 10.9 Å². The van der Waals surface area contributed by atoms with Gasteiger partial charge in [-0.05, 0) is 44.1 Å². The molecule has 0 unspecified atom stereocenters. The van der Waals surface area contributed by atoms with Crippen molar-refractivity contribution in [2.24, 2.45) is 5.92 Å². The predicted octanol–water partition coefficient (Wildman–Crippen LogP) is 2.38. The van der Waals surface area contributed by atoms with Gasteiger partial charge in [-0.25, -0.2) is 4.98 Å². The molecule has 1 aromatic heterocycles. The van der Waals surface area contributed by atoms with Crippen molar-refractivity contribution in [1.82, 2.24) is 9.88 Å². The second kappa shape index (κ2) is 4.88. The first-order valence-electron chi connectivity index (χ1n) is 7.65. The van der Waals surface area contributed by atoms with Crippen LogP contribution in [0.1, 0.15) is 6.42 Å². The molecule has 2 aliphatic heterocycles. The Morgan fingerprint density at radius 2 is 2.10 bits per heavy atom. The van der Waals surface area contributed by atoms with Crippen LogP contribution in [0.5, 0.6) is 5.75 Å². The maximum absolute atomic E-state index is 5.45. The van der Waals surface area contributed by atoms with E-state index in [4.69, 9.17) is 9.72 Å². The number of benzene rings is 1. The van der Waals surface area contributed by atoms with Crippen molar-refractivity contribution >= 4 is 16.7 Å². The largest absolute Gasteiger partial charge is 0.494 e. The molecule has 4 rings (SSSR count). The summed E-state index contributed by atoms with van der Waals surface area (Å²) < 4.78 is 5.45. The highest BCUT2D eigenvalue weighted by atomic mass is 16.5. The summed E-state index contributed by atoms with van der Waals surface area (Å²) in [6.45, 7) is 3.46. The first kappa shape index (κ1) is 12.9. The molecule has 0 N–H and O–H groups in total. The summed E-state index contributed by atoms with van der Waals surface area (Å²) in [5.41, 5.74) is 0.961. The normalized spacial score (nSPS) is 25.5. The monoisotopic (exact) mass is 283 g/mol. The second-order valence-electron chi connectivity index (χ2n) is 6.20. The van der Waals surface area contributed by atoms with Crippen LogP contribution in [0.2, 0.25) is 0 Å². The minimum atomic E-state index is 0.695. The van der Waals surface area contributed by atoms with Gasteiger partial charge in [-0.1, -0.05) is 12.1 Å². The molecule has 21 heavy (non-hydrogen) atoms. The van der Waals surface area contributed by atoms with Crippen molar-refractivity contribution in [3.63, 3.8) is 0 Å². The molecule has 2 aliphatic rings. The van der Waals surface area contributed by atoms with Gasteiger partial charge in [0, 0.05) is 24.5 Å². The van der Waals surface area contributed by atoms with E-state index in [9.17, 15) is 0 Å². The number of likely N-dealkylation sites (tertiary alicyclic amines) is 1. The van der Waals surface area contributed by atoms with Crippen molar-refractivity contribution in [2.45, 2.75) is 12.5 Å². The number of ether oxygens (including phenoxy) is 1.